The second-order valence-corrected chi connectivity index (χ2v) is 7.60. The van der Waals surface area contributed by atoms with Gasteiger partial charge in [-0.25, -0.2) is 0 Å². The van der Waals surface area contributed by atoms with E-state index in [4.69, 9.17) is 21.1 Å². The third kappa shape index (κ3) is 5.55. The van der Waals surface area contributed by atoms with Gasteiger partial charge >= 0.3 is 5.97 Å². The molecular formula is C22H22ClN3O6. The summed E-state index contributed by atoms with van der Waals surface area (Å²) in [7, 11) is 1.43. The molecule has 0 aromatic heterocycles. The maximum atomic E-state index is 12.5. The van der Waals surface area contributed by atoms with E-state index in [-0.39, 0.29) is 18.5 Å². The molecule has 10 heteroatoms. The molecule has 0 aliphatic carbocycles. The largest absolute Gasteiger partial charge is 0.496 e. The lowest BCUT2D eigenvalue weighted by Gasteiger charge is -2.18. The summed E-state index contributed by atoms with van der Waals surface area (Å²) in [6, 6.07) is 11.6. The minimum Gasteiger partial charge on any atom is -0.496 e. The van der Waals surface area contributed by atoms with Crippen molar-refractivity contribution >= 4 is 41.0 Å². The van der Waals surface area contributed by atoms with Crippen molar-refractivity contribution in [3.8, 4) is 5.75 Å². The Labute approximate surface area is 189 Å². The molecule has 1 fully saturated rings. The number of hydrogen-bond donors (Lipinski definition) is 2. The first kappa shape index (κ1) is 23.1. The third-order valence-electron chi connectivity index (χ3n) is 4.87. The second-order valence-electron chi connectivity index (χ2n) is 7.16. The number of aryl methyl sites for hydroxylation is 1. The van der Waals surface area contributed by atoms with Crippen LogP contribution in [0.2, 0.25) is 5.02 Å². The molecule has 9 nitrogen and oxygen atoms in total. The van der Waals surface area contributed by atoms with Gasteiger partial charge in [0.25, 0.3) is 11.8 Å². The molecule has 0 saturated carbocycles. The topological polar surface area (TPSA) is 114 Å². The lowest BCUT2D eigenvalue weighted by molar-refractivity contribution is -0.151. The molecule has 1 aliphatic heterocycles. The lowest BCUT2D eigenvalue weighted by atomic mass is 10.1. The predicted molar refractivity (Wildman–Crippen MR) is 116 cm³/mol. The smallest absolute Gasteiger partial charge is 0.311 e. The Morgan fingerprint density at radius 2 is 1.94 bits per heavy atom. The van der Waals surface area contributed by atoms with E-state index in [0.717, 1.165) is 10.6 Å². The van der Waals surface area contributed by atoms with Crippen LogP contribution in [0.15, 0.2) is 42.5 Å². The molecule has 32 heavy (non-hydrogen) atoms. The van der Waals surface area contributed by atoms with Gasteiger partial charge in [-0.3, -0.25) is 29.6 Å². The van der Waals surface area contributed by atoms with Gasteiger partial charge in [0.15, 0.2) is 6.61 Å². The van der Waals surface area contributed by atoms with Crippen LogP contribution in [0.5, 0.6) is 5.75 Å². The number of anilines is 1. The average molecular weight is 460 g/mol. The van der Waals surface area contributed by atoms with Crippen molar-refractivity contribution in [2.45, 2.75) is 13.3 Å². The number of halogens is 1. The van der Waals surface area contributed by atoms with Crippen LogP contribution in [0, 0.1) is 12.8 Å². The molecule has 168 valence electrons. The highest BCUT2D eigenvalue weighted by Gasteiger charge is 2.37. The number of methoxy groups -OCH3 is 1. The molecule has 1 aliphatic rings. The fraction of sp³-hybridized carbons (Fsp3) is 0.273. The number of nitrogens with zero attached hydrogens (tertiary/aromatic N) is 1. The second kappa shape index (κ2) is 10.1. The molecule has 3 amide bonds. The Balaban J connectivity index is 1.52. The summed E-state index contributed by atoms with van der Waals surface area (Å²) in [5.74, 6) is -2.66. The van der Waals surface area contributed by atoms with Crippen molar-refractivity contribution in [3.63, 3.8) is 0 Å². The van der Waals surface area contributed by atoms with E-state index < -0.39 is 36.2 Å². The summed E-state index contributed by atoms with van der Waals surface area (Å²) in [5, 5.41) is 4.15. The zero-order valence-electron chi connectivity index (χ0n) is 17.5. The van der Waals surface area contributed by atoms with Crippen LogP contribution in [0.1, 0.15) is 22.3 Å². The molecule has 0 unspecified atom stereocenters. The minimum atomic E-state index is -0.804. The van der Waals surface area contributed by atoms with Crippen LogP contribution >= 0.6 is 11.6 Å². The summed E-state index contributed by atoms with van der Waals surface area (Å²) >= 11 is 5.92. The van der Waals surface area contributed by atoms with Crippen LogP contribution in [-0.4, -0.2) is 49.0 Å². The van der Waals surface area contributed by atoms with Gasteiger partial charge < -0.3 is 14.8 Å². The Morgan fingerprint density at radius 3 is 2.69 bits per heavy atom. The first-order valence-electron chi connectivity index (χ1n) is 9.75. The number of esters is 1. The van der Waals surface area contributed by atoms with E-state index >= 15 is 0 Å². The number of amides is 3. The molecule has 0 spiro atoms. The Hall–Kier alpha value is -3.59. The van der Waals surface area contributed by atoms with Crippen molar-refractivity contribution in [2.75, 3.05) is 25.6 Å². The van der Waals surface area contributed by atoms with E-state index in [1.165, 1.54) is 7.11 Å². The maximum absolute atomic E-state index is 12.5. The molecule has 2 aromatic rings. The number of ether oxygens (including phenoxy) is 2. The SMILES string of the molecule is COc1ccccc1C(=O)NN1C[C@H](C(=O)OCC(=O)Nc2cc(Cl)ccc2C)CC1=O. The molecule has 1 atom stereocenters. The highest BCUT2D eigenvalue weighted by molar-refractivity contribution is 6.31. The zero-order chi connectivity index (χ0) is 23.3. The molecule has 1 saturated heterocycles. The van der Waals surface area contributed by atoms with Gasteiger partial charge in [0.1, 0.15) is 5.75 Å². The summed E-state index contributed by atoms with van der Waals surface area (Å²) in [5.41, 5.74) is 4.05. The molecule has 0 radical (unpaired) electrons. The summed E-state index contributed by atoms with van der Waals surface area (Å²) in [4.78, 5) is 49.2. The van der Waals surface area contributed by atoms with Crippen LogP contribution in [0.3, 0.4) is 0 Å². The number of rotatable bonds is 7. The van der Waals surface area contributed by atoms with Crippen molar-refractivity contribution in [1.29, 1.82) is 0 Å². The van der Waals surface area contributed by atoms with Gasteiger partial charge in [0.2, 0.25) is 5.91 Å². The first-order valence-corrected chi connectivity index (χ1v) is 10.1. The zero-order valence-corrected chi connectivity index (χ0v) is 18.3. The fourth-order valence-electron chi connectivity index (χ4n) is 3.16. The van der Waals surface area contributed by atoms with Gasteiger partial charge in [-0.05, 0) is 36.8 Å². The van der Waals surface area contributed by atoms with Crippen molar-refractivity contribution in [3.05, 3.63) is 58.6 Å². The first-order chi connectivity index (χ1) is 15.3. The monoisotopic (exact) mass is 459 g/mol. The predicted octanol–water partition coefficient (Wildman–Crippen LogP) is 2.33. The summed E-state index contributed by atoms with van der Waals surface area (Å²) in [6.07, 6.45) is -0.139. The van der Waals surface area contributed by atoms with E-state index in [1.807, 2.05) is 0 Å². The van der Waals surface area contributed by atoms with Crippen LogP contribution in [0.4, 0.5) is 5.69 Å². The summed E-state index contributed by atoms with van der Waals surface area (Å²) in [6.45, 7) is 1.23. The van der Waals surface area contributed by atoms with Crippen molar-refractivity contribution in [2.24, 2.45) is 5.92 Å². The molecular weight excluding hydrogens is 438 g/mol. The Kier molecular flexibility index (Phi) is 7.32. The average Bonchev–Trinajstić information content (AvgIpc) is 3.14. The normalized spacial score (nSPS) is 15.3. The van der Waals surface area contributed by atoms with Crippen molar-refractivity contribution < 1.29 is 28.7 Å². The molecule has 0 bridgehead atoms. The van der Waals surface area contributed by atoms with Crippen LogP contribution in [-0.2, 0) is 19.1 Å². The minimum absolute atomic E-state index is 0.0619. The molecule has 3 rings (SSSR count). The molecule has 1 heterocycles. The van der Waals surface area contributed by atoms with E-state index in [9.17, 15) is 19.2 Å². The van der Waals surface area contributed by atoms with Gasteiger partial charge in [-0.2, -0.15) is 0 Å². The van der Waals surface area contributed by atoms with Gasteiger partial charge in [-0.15, -0.1) is 0 Å². The van der Waals surface area contributed by atoms with Crippen LogP contribution < -0.4 is 15.5 Å². The number of hydrazine groups is 1. The Morgan fingerprint density at radius 1 is 1.19 bits per heavy atom. The maximum Gasteiger partial charge on any atom is 0.311 e. The Bertz CT molecular complexity index is 1060. The highest BCUT2D eigenvalue weighted by atomic mass is 35.5. The van der Waals surface area contributed by atoms with Gasteiger partial charge in [0.05, 0.1) is 25.1 Å². The summed E-state index contributed by atoms with van der Waals surface area (Å²) < 4.78 is 10.2. The number of nitrogens with one attached hydrogen (secondary N) is 2. The number of carbonyl (C=O) groups is 4. The van der Waals surface area contributed by atoms with Crippen molar-refractivity contribution in [1.82, 2.24) is 10.4 Å². The van der Waals surface area contributed by atoms with Crippen LogP contribution in [0.25, 0.3) is 0 Å². The quantitative estimate of drug-likeness (QED) is 0.614. The molecule has 2 aromatic carbocycles. The van der Waals surface area contributed by atoms with E-state index in [0.29, 0.717) is 16.5 Å². The third-order valence-corrected chi connectivity index (χ3v) is 5.10. The highest BCUT2D eigenvalue weighted by Crippen LogP contribution is 2.22. The number of para-hydroxylation sites is 1. The molecule has 2 N–H and O–H groups in total. The standard InChI is InChI=1S/C22H22ClN3O6/c1-13-7-8-15(23)10-17(13)24-19(27)12-32-22(30)14-9-20(28)26(11-14)25-21(29)16-5-3-4-6-18(16)31-2/h3-8,10,14H,9,11-12H2,1-2H3,(H,24,27)(H,25,29)/t14-/m1/s1. The van der Waals surface area contributed by atoms with E-state index in [1.54, 1.807) is 49.4 Å². The number of benzene rings is 2. The number of hydrogen-bond acceptors (Lipinski definition) is 6. The fourth-order valence-corrected chi connectivity index (χ4v) is 3.33. The van der Waals surface area contributed by atoms with Gasteiger partial charge in [0, 0.05) is 17.1 Å². The lowest BCUT2D eigenvalue weighted by Crippen LogP contribution is -2.43. The van der Waals surface area contributed by atoms with Gasteiger partial charge in [-0.1, -0.05) is 29.8 Å². The number of carbonyl (C=O) groups excluding carboxylic acids is 4. The van der Waals surface area contributed by atoms with E-state index in [2.05, 4.69) is 10.7 Å².